The molecule has 0 aromatic heterocycles. The standard InChI is InChI=1S/C4H7NO.C2H6/c1-3-4-5-6-2;1-2/h3-4H,1H2,2H3;1-2H3/b5-4-;. The maximum Gasteiger partial charge on any atom is 0.106 e. The van der Waals surface area contributed by atoms with Crippen LogP contribution in [0.1, 0.15) is 13.8 Å². The number of nitrogens with zero attached hydrogens (tertiary/aromatic N) is 1. The van der Waals surface area contributed by atoms with E-state index < -0.39 is 0 Å². The van der Waals surface area contributed by atoms with E-state index in [1.165, 1.54) is 13.3 Å². The summed E-state index contributed by atoms with van der Waals surface area (Å²) in [6, 6.07) is 0. The maximum atomic E-state index is 4.28. The predicted octanol–water partition coefficient (Wildman–Crippen LogP) is 1.83. The molecule has 0 saturated heterocycles. The van der Waals surface area contributed by atoms with Crippen LogP contribution in [0.15, 0.2) is 17.8 Å². The molecule has 0 N–H and O–H groups in total. The Labute approximate surface area is 50.8 Å². The minimum absolute atomic E-state index is 1.47. The Balaban J connectivity index is 0. The lowest BCUT2D eigenvalue weighted by Crippen LogP contribution is -1.65. The zero-order chi connectivity index (χ0) is 6.83. The van der Waals surface area contributed by atoms with Crippen molar-refractivity contribution < 1.29 is 4.84 Å². The van der Waals surface area contributed by atoms with Gasteiger partial charge in [-0.05, 0) is 6.08 Å². The van der Waals surface area contributed by atoms with Crippen molar-refractivity contribution in [2.75, 3.05) is 7.11 Å². The fraction of sp³-hybridized carbons (Fsp3) is 0.500. The molecule has 0 rings (SSSR count). The van der Waals surface area contributed by atoms with E-state index in [4.69, 9.17) is 0 Å². The Hall–Kier alpha value is -0.790. The first-order chi connectivity index (χ1) is 3.91. The molecule has 0 aromatic carbocycles. The van der Waals surface area contributed by atoms with Crippen LogP contribution < -0.4 is 0 Å². The summed E-state index contributed by atoms with van der Waals surface area (Å²) in [6.07, 6.45) is 3.02. The molecule has 0 aliphatic carbocycles. The molecule has 0 fully saturated rings. The van der Waals surface area contributed by atoms with E-state index in [1.807, 2.05) is 13.8 Å². The highest BCUT2D eigenvalue weighted by Gasteiger charge is 1.51. The van der Waals surface area contributed by atoms with Gasteiger partial charge in [-0.3, -0.25) is 0 Å². The molecule has 0 unspecified atom stereocenters. The monoisotopic (exact) mass is 115 g/mol. The molecule has 0 heterocycles. The number of hydrogen-bond acceptors (Lipinski definition) is 2. The summed E-state index contributed by atoms with van der Waals surface area (Å²) < 4.78 is 0. The van der Waals surface area contributed by atoms with Crippen LogP contribution in [0.5, 0.6) is 0 Å². The average Bonchev–Trinajstić information content (AvgIpc) is 1.88. The van der Waals surface area contributed by atoms with Gasteiger partial charge in [0, 0.05) is 0 Å². The third-order valence-electron chi connectivity index (χ3n) is 0.272. The molecule has 0 aromatic rings. The second kappa shape index (κ2) is 16.4. The Morgan fingerprint density at radius 2 is 2.00 bits per heavy atom. The fourth-order valence-electron chi connectivity index (χ4n) is 0.104. The van der Waals surface area contributed by atoms with Gasteiger partial charge < -0.3 is 4.84 Å². The normalized spacial score (nSPS) is 7.38. The van der Waals surface area contributed by atoms with E-state index in [-0.39, 0.29) is 0 Å². The lowest BCUT2D eigenvalue weighted by atomic mass is 10.7. The van der Waals surface area contributed by atoms with Crippen LogP contribution in [-0.4, -0.2) is 13.3 Å². The molecule has 0 spiro atoms. The zero-order valence-corrected chi connectivity index (χ0v) is 5.72. The van der Waals surface area contributed by atoms with E-state index in [2.05, 4.69) is 16.6 Å². The van der Waals surface area contributed by atoms with Gasteiger partial charge in [-0.1, -0.05) is 25.6 Å². The molecular weight excluding hydrogens is 102 g/mol. The van der Waals surface area contributed by atoms with E-state index in [0.29, 0.717) is 0 Å². The molecule has 0 amide bonds. The van der Waals surface area contributed by atoms with Gasteiger partial charge >= 0.3 is 0 Å². The van der Waals surface area contributed by atoms with Crippen LogP contribution in [0, 0.1) is 0 Å². The van der Waals surface area contributed by atoms with Crippen molar-refractivity contribution >= 4 is 6.21 Å². The van der Waals surface area contributed by atoms with Crippen molar-refractivity contribution in [1.29, 1.82) is 0 Å². The van der Waals surface area contributed by atoms with Gasteiger partial charge in [-0.15, -0.1) is 0 Å². The summed E-state index contributed by atoms with van der Waals surface area (Å²) in [5.41, 5.74) is 0. The summed E-state index contributed by atoms with van der Waals surface area (Å²) in [6.45, 7) is 7.37. The van der Waals surface area contributed by atoms with E-state index >= 15 is 0 Å². The quantitative estimate of drug-likeness (QED) is 0.397. The number of rotatable bonds is 2. The molecule has 0 radical (unpaired) electrons. The molecular formula is C6H13NO. The molecule has 0 atom stereocenters. The molecule has 0 bridgehead atoms. The van der Waals surface area contributed by atoms with E-state index in [1.54, 1.807) is 6.08 Å². The van der Waals surface area contributed by atoms with Crippen LogP contribution in [0.3, 0.4) is 0 Å². The van der Waals surface area contributed by atoms with Crippen LogP contribution in [0.25, 0.3) is 0 Å². The van der Waals surface area contributed by atoms with Crippen molar-refractivity contribution in [3.05, 3.63) is 12.7 Å². The summed E-state index contributed by atoms with van der Waals surface area (Å²) in [5, 5.41) is 3.35. The Morgan fingerprint density at radius 1 is 1.50 bits per heavy atom. The van der Waals surface area contributed by atoms with Crippen LogP contribution in [0.2, 0.25) is 0 Å². The number of hydrogen-bond donors (Lipinski definition) is 0. The van der Waals surface area contributed by atoms with Gasteiger partial charge in [0.05, 0.1) is 6.21 Å². The lowest BCUT2D eigenvalue weighted by Gasteiger charge is -1.76. The molecule has 8 heavy (non-hydrogen) atoms. The van der Waals surface area contributed by atoms with E-state index in [9.17, 15) is 0 Å². The van der Waals surface area contributed by atoms with Gasteiger partial charge in [0.25, 0.3) is 0 Å². The fourth-order valence-corrected chi connectivity index (χ4v) is 0.104. The summed E-state index contributed by atoms with van der Waals surface area (Å²) in [5.74, 6) is 0. The Bertz CT molecular complexity index is 59.5. The summed E-state index contributed by atoms with van der Waals surface area (Å²) >= 11 is 0. The topological polar surface area (TPSA) is 21.6 Å². The second-order valence-corrected chi connectivity index (χ2v) is 0.673. The maximum absolute atomic E-state index is 4.28. The van der Waals surface area contributed by atoms with Crippen LogP contribution in [0.4, 0.5) is 0 Å². The molecule has 2 heteroatoms. The minimum atomic E-state index is 1.47. The highest BCUT2D eigenvalue weighted by molar-refractivity contribution is 5.69. The Morgan fingerprint density at radius 3 is 2.12 bits per heavy atom. The molecule has 0 saturated carbocycles. The largest absolute Gasteiger partial charge is 0.399 e. The smallest absolute Gasteiger partial charge is 0.106 e. The number of oxime groups is 1. The highest BCUT2D eigenvalue weighted by Crippen LogP contribution is 1.60. The van der Waals surface area contributed by atoms with Gasteiger partial charge in [0.15, 0.2) is 0 Å². The molecule has 0 aliphatic heterocycles. The first-order valence-electron chi connectivity index (χ1n) is 2.59. The van der Waals surface area contributed by atoms with Gasteiger partial charge in [-0.25, -0.2) is 0 Å². The summed E-state index contributed by atoms with van der Waals surface area (Å²) in [7, 11) is 1.49. The van der Waals surface area contributed by atoms with Gasteiger partial charge in [-0.2, -0.15) is 0 Å². The third-order valence-corrected chi connectivity index (χ3v) is 0.272. The predicted molar refractivity (Wildman–Crippen MR) is 37.0 cm³/mol. The first-order valence-corrected chi connectivity index (χ1v) is 2.59. The van der Waals surface area contributed by atoms with Crippen molar-refractivity contribution in [1.82, 2.24) is 0 Å². The molecule has 2 nitrogen and oxygen atoms in total. The van der Waals surface area contributed by atoms with Gasteiger partial charge in [0.2, 0.25) is 0 Å². The lowest BCUT2D eigenvalue weighted by molar-refractivity contribution is 0.215. The first kappa shape index (κ1) is 10.2. The van der Waals surface area contributed by atoms with Crippen molar-refractivity contribution in [2.24, 2.45) is 5.16 Å². The second-order valence-electron chi connectivity index (χ2n) is 0.673. The summed E-state index contributed by atoms with van der Waals surface area (Å²) in [4.78, 5) is 4.28. The van der Waals surface area contributed by atoms with E-state index in [0.717, 1.165) is 0 Å². The van der Waals surface area contributed by atoms with Crippen molar-refractivity contribution in [3.63, 3.8) is 0 Å². The van der Waals surface area contributed by atoms with Crippen molar-refractivity contribution in [2.45, 2.75) is 13.8 Å². The molecule has 0 aliphatic rings. The Kier molecular flexibility index (Phi) is 20.9. The number of allylic oxidation sites excluding steroid dienone is 1. The third kappa shape index (κ3) is 18.9. The highest BCUT2D eigenvalue weighted by atomic mass is 16.6. The average molecular weight is 115 g/mol. The van der Waals surface area contributed by atoms with Gasteiger partial charge in [0.1, 0.15) is 7.11 Å². The SMILES string of the molecule is C=C/C=N\OC.CC. The van der Waals surface area contributed by atoms with Crippen LogP contribution >= 0.6 is 0 Å². The molecule has 48 valence electrons. The van der Waals surface area contributed by atoms with Crippen molar-refractivity contribution in [3.8, 4) is 0 Å². The minimum Gasteiger partial charge on any atom is -0.399 e. The zero-order valence-electron chi connectivity index (χ0n) is 5.72. The van der Waals surface area contributed by atoms with Crippen LogP contribution in [-0.2, 0) is 4.84 Å².